The van der Waals surface area contributed by atoms with Crippen LogP contribution in [0.25, 0.3) is 0 Å². The quantitative estimate of drug-likeness (QED) is 0.832. The van der Waals surface area contributed by atoms with Crippen molar-refractivity contribution in [2.24, 2.45) is 23.2 Å². The van der Waals surface area contributed by atoms with E-state index in [0.717, 1.165) is 25.8 Å². The maximum Gasteiger partial charge on any atom is 0.308 e. The van der Waals surface area contributed by atoms with Crippen molar-refractivity contribution in [1.29, 1.82) is 0 Å². The summed E-state index contributed by atoms with van der Waals surface area (Å²) in [6.45, 7) is 12.5. The Hall–Kier alpha value is -0.570. The van der Waals surface area contributed by atoms with Crippen LogP contribution >= 0.6 is 0 Å². The Morgan fingerprint density at radius 1 is 1.19 bits per heavy atom. The highest BCUT2D eigenvalue weighted by Crippen LogP contribution is 2.44. The summed E-state index contributed by atoms with van der Waals surface area (Å²) in [6, 6.07) is 0.897. The lowest BCUT2D eigenvalue weighted by molar-refractivity contribution is -0.147. The molecule has 2 saturated carbocycles. The molecule has 2 aliphatic carbocycles. The first-order valence-corrected chi connectivity index (χ1v) is 8.68. The zero-order valence-corrected chi connectivity index (χ0v) is 14.4. The summed E-state index contributed by atoms with van der Waals surface area (Å²) < 4.78 is 0. The molecule has 2 fully saturated rings. The fourth-order valence-electron chi connectivity index (χ4n) is 3.97. The van der Waals surface area contributed by atoms with E-state index < -0.39 is 5.97 Å². The van der Waals surface area contributed by atoms with E-state index in [1.165, 1.54) is 12.8 Å². The molecule has 122 valence electrons. The highest BCUT2D eigenvalue weighted by Gasteiger charge is 2.45. The molecular formula is C18H33NO2. The number of carboxylic acids is 1. The summed E-state index contributed by atoms with van der Waals surface area (Å²) in [5.41, 5.74) is 0.286. The van der Waals surface area contributed by atoms with Gasteiger partial charge in [0.05, 0.1) is 5.92 Å². The van der Waals surface area contributed by atoms with Crippen LogP contribution in [0.2, 0.25) is 0 Å². The highest BCUT2D eigenvalue weighted by atomic mass is 16.4. The van der Waals surface area contributed by atoms with E-state index in [-0.39, 0.29) is 17.4 Å². The van der Waals surface area contributed by atoms with Gasteiger partial charge < -0.3 is 5.11 Å². The van der Waals surface area contributed by atoms with E-state index in [0.29, 0.717) is 17.9 Å². The number of hydrogen-bond acceptors (Lipinski definition) is 2. The van der Waals surface area contributed by atoms with Crippen LogP contribution in [-0.4, -0.2) is 34.6 Å². The minimum absolute atomic E-state index is 0.164. The molecule has 0 radical (unpaired) electrons. The molecule has 0 saturated heterocycles. The number of nitrogens with zero attached hydrogens (tertiary/aromatic N) is 1. The first-order chi connectivity index (χ1) is 9.70. The molecule has 1 N–H and O–H groups in total. The van der Waals surface area contributed by atoms with Crippen LogP contribution in [0.4, 0.5) is 0 Å². The maximum absolute atomic E-state index is 11.7. The number of aliphatic carboxylic acids is 1. The van der Waals surface area contributed by atoms with Gasteiger partial charge in [-0.1, -0.05) is 34.6 Å². The molecule has 0 aliphatic heterocycles. The monoisotopic (exact) mass is 295 g/mol. The molecule has 0 aromatic rings. The van der Waals surface area contributed by atoms with Crippen LogP contribution in [0.1, 0.15) is 66.7 Å². The summed E-state index contributed by atoms with van der Waals surface area (Å²) in [7, 11) is 0. The molecule has 0 heterocycles. The van der Waals surface area contributed by atoms with Crippen LogP contribution in [-0.2, 0) is 4.79 Å². The first kappa shape index (κ1) is 16.8. The molecule has 0 aromatic carbocycles. The normalized spacial score (nSPS) is 30.9. The minimum Gasteiger partial charge on any atom is -0.481 e. The molecule has 2 rings (SSSR count). The second-order valence-corrected chi connectivity index (χ2v) is 8.71. The number of hydrogen-bond donors (Lipinski definition) is 1. The van der Waals surface area contributed by atoms with Gasteiger partial charge in [-0.15, -0.1) is 0 Å². The standard InChI is InChI=1S/C18H33NO2/c1-12(2)11-19(14-7-8-14)16-10-13(18(3,4)5)6-9-15(16)17(20)21/h12-16H,6-11H2,1-5H3,(H,20,21). The third-order valence-corrected chi connectivity index (χ3v) is 5.38. The van der Waals surface area contributed by atoms with Gasteiger partial charge >= 0.3 is 5.97 Å². The van der Waals surface area contributed by atoms with E-state index in [4.69, 9.17) is 0 Å². The van der Waals surface area contributed by atoms with Gasteiger partial charge in [-0.3, -0.25) is 9.69 Å². The number of carbonyl (C=O) groups is 1. The van der Waals surface area contributed by atoms with Gasteiger partial charge in [-0.05, 0) is 49.4 Å². The summed E-state index contributed by atoms with van der Waals surface area (Å²) in [6.07, 6.45) is 5.50. The topological polar surface area (TPSA) is 40.5 Å². The summed E-state index contributed by atoms with van der Waals surface area (Å²) >= 11 is 0. The Kier molecular flexibility index (Phi) is 5.02. The fraction of sp³-hybridized carbons (Fsp3) is 0.944. The Labute approximate surface area is 130 Å². The van der Waals surface area contributed by atoms with E-state index in [9.17, 15) is 9.90 Å². The van der Waals surface area contributed by atoms with Gasteiger partial charge in [0.2, 0.25) is 0 Å². The van der Waals surface area contributed by atoms with Gasteiger partial charge in [-0.2, -0.15) is 0 Å². The molecule has 3 unspecified atom stereocenters. The van der Waals surface area contributed by atoms with Crippen molar-refractivity contribution < 1.29 is 9.90 Å². The zero-order chi connectivity index (χ0) is 15.8. The zero-order valence-electron chi connectivity index (χ0n) is 14.4. The fourth-order valence-corrected chi connectivity index (χ4v) is 3.97. The lowest BCUT2D eigenvalue weighted by atomic mass is 9.67. The smallest absolute Gasteiger partial charge is 0.308 e. The Morgan fingerprint density at radius 3 is 2.24 bits per heavy atom. The predicted molar refractivity (Wildman–Crippen MR) is 86.3 cm³/mol. The predicted octanol–water partition coefficient (Wildman–Crippen LogP) is 4.02. The Bertz CT molecular complexity index is 368. The average molecular weight is 295 g/mol. The molecular weight excluding hydrogens is 262 g/mol. The van der Waals surface area contributed by atoms with Gasteiger partial charge in [0.25, 0.3) is 0 Å². The molecule has 3 atom stereocenters. The first-order valence-electron chi connectivity index (χ1n) is 8.68. The van der Waals surface area contributed by atoms with Crippen LogP contribution in [0.15, 0.2) is 0 Å². The van der Waals surface area contributed by atoms with E-state index in [1.807, 2.05) is 0 Å². The van der Waals surface area contributed by atoms with Crippen LogP contribution < -0.4 is 0 Å². The largest absolute Gasteiger partial charge is 0.481 e. The Morgan fingerprint density at radius 2 is 1.81 bits per heavy atom. The minimum atomic E-state index is -0.582. The second-order valence-electron chi connectivity index (χ2n) is 8.71. The molecule has 2 aliphatic rings. The molecule has 21 heavy (non-hydrogen) atoms. The van der Waals surface area contributed by atoms with Crippen molar-refractivity contribution in [3.8, 4) is 0 Å². The van der Waals surface area contributed by atoms with Crippen molar-refractivity contribution in [1.82, 2.24) is 4.90 Å². The third kappa shape index (κ3) is 4.21. The van der Waals surface area contributed by atoms with Crippen molar-refractivity contribution in [2.75, 3.05) is 6.54 Å². The van der Waals surface area contributed by atoms with Gasteiger partial charge in [0.15, 0.2) is 0 Å². The lowest BCUT2D eigenvalue weighted by Gasteiger charge is -2.45. The molecule has 3 nitrogen and oxygen atoms in total. The SMILES string of the molecule is CC(C)CN(C1CC1)C1CC(C(C)(C)C)CCC1C(=O)O. The average Bonchev–Trinajstić information content (AvgIpc) is 3.18. The molecule has 0 spiro atoms. The van der Waals surface area contributed by atoms with Crippen molar-refractivity contribution in [2.45, 2.75) is 78.8 Å². The molecule has 0 bridgehead atoms. The highest BCUT2D eigenvalue weighted by molar-refractivity contribution is 5.71. The second kappa shape index (κ2) is 6.28. The van der Waals surface area contributed by atoms with Crippen LogP contribution in [0, 0.1) is 23.2 Å². The van der Waals surface area contributed by atoms with Gasteiger partial charge in [-0.25, -0.2) is 0 Å². The van der Waals surface area contributed by atoms with Crippen LogP contribution in [0.3, 0.4) is 0 Å². The molecule has 3 heteroatoms. The van der Waals surface area contributed by atoms with E-state index >= 15 is 0 Å². The molecule has 0 aromatic heterocycles. The lowest BCUT2D eigenvalue weighted by Crippen LogP contribution is -2.50. The van der Waals surface area contributed by atoms with Crippen molar-refractivity contribution in [3.05, 3.63) is 0 Å². The van der Waals surface area contributed by atoms with Crippen molar-refractivity contribution >= 4 is 5.97 Å². The van der Waals surface area contributed by atoms with Crippen molar-refractivity contribution in [3.63, 3.8) is 0 Å². The van der Waals surface area contributed by atoms with Gasteiger partial charge in [0, 0.05) is 18.6 Å². The van der Waals surface area contributed by atoms with E-state index in [1.54, 1.807) is 0 Å². The van der Waals surface area contributed by atoms with E-state index in [2.05, 4.69) is 39.5 Å². The Balaban J connectivity index is 2.17. The number of rotatable bonds is 5. The maximum atomic E-state index is 11.7. The van der Waals surface area contributed by atoms with Crippen LogP contribution in [0.5, 0.6) is 0 Å². The number of carboxylic acid groups (broad SMARTS) is 1. The third-order valence-electron chi connectivity index (χ3n) is 5.38. The van der Waals surface area contributed by atoms with Gasteiger partial charge in [0.1, 0.15) is 0 Å². The summed E-state index contributed by atoms with van der Waals surface area (Å²) in [5, 5.41) is 9.66. The molecule has 0 amide bonds. The summed E-state index contributed by atoms with van der Waals surface area (Å²) in [5.74, 6) is 0.506. The summed E-state index contributed by atoms with van der Waals surface area (Å²) in [4.78, 5) is 14.3.